The first-order valence-electron chi connectivity index (χ1n) is 11.1. The van der Waals surface area contributed by atoms with Crippen molar-refractivity contribution in [3.63, 3.8) is 0 Å². The Morgan fingerprint density at radius 2 is 1.88 bits per heavy atom. The van der Waals surface area contributed by atoms with Crippen molar-refractivity contribution < 1.29 is 18.4 Å². The monoisotopic (exact) mass is 453 g/mol. The number of rotatable bonds is 6. The molecule has 0 bridgehead atoms. The Balaban J connectivity index is 0. The van der Waals surface area contributed by atoms with Gasteiger partial charge in [0.2, 0.25) is 0 Å². The molecule has 1 heterocycles. The third-order valence-electron chi connectivity index (χ3n) is 4.55. The molecule has 1 N–H and O–H groups in total. The van der Waals surface area contributed by atoms with Crippen LogP contribution in [0, 0.1) is 17.6 Å². The van der Waals surface area contributed by atoms with Crippen molar-refractivity contribution in [3.8, 4) is 0 Å². The SMILES string of the molecule is C=O.CC.CC(=O)Cc1cc(F)ccc1F.CN/C=C\N=C(C)CN1CCCC(C)CC1. The zero-order valence-electron chi connectivity index (χ0n) is 20.6. The van der Waals surface area contributed by atoms with Gasteiger partial charge in [-0.25, -0.2) is 8.78 Å². The summed E-state index contributed by atoms with van der Waals surface area (Å²) < 4.78 is 25.3. The summed E-state index contributed by atoms with van der Waals surface area (Å²) in [5, 5.41) is 2.94. The average Bonchev–Trinajstić information content (AvgIpc) is 2.98. The number of hydrogen-bond donors (Lipinski definition) is 1. The highest BCUT2D eigenvalue weighted by atomic mass is 19.1. The topological polar surface area (TPSA) is 61.8 Å². The summed E-state index contributed by atoms with van der Waals surface area (Å²) in [7, 11) is 1.89. The molecule has 1 aromatic rings. The van der Waals surface area contributed by atoms with Gasteiger partial charge in [-0.05, 0) is 75.9 Å². The van der Waals surface area contributed by atoms with Gasteiger partial charge in [-0.1, -0.05) is 20.8 Å². The van der Waals surface area contributed by atoms with Gasteiger partial charge in [0, 0.05) is 38.1 Å². The fourth-order valence-electron chi connectivity index (χ4n) is 3.03. The lowest BCUT2D eigenvalue weighted by Crippen LogP contribution is -2.29. The van der Waals surface area contributed by atoms with Crippen molar-refractivity contribution >= 4 is 18.3 Å². The molecule has 0 saturated carbocycles. The lowest BCUT2D eigenvalue weighted by molar-refractivity contribution is -0.116. The first-order chi connectivity index (χ1) is 15.3. The minimum absolute atomic E-state index is 0.0520. The van der Waals surface area contributed by atoms with Gasteiger partial charge in [-0.2, -0.15) is 0 Å². The predicted octanol–water partition coefficient (Wildman–Crippen LogP) is 5.20. The Morgan fingerprint density at radius 3 is 2.47 bits per heavy atom. The zero-order chi connectivity index (χ0) is 24.9. The number of nitrogens with one attached hydrogen (secondary N) is 1. The third-order valence-corrected chi connectivity index (χ3v) is 4.55. The fraction of sp³-hybridized carbons (Fsp3) is 0.560. The van der Waals surface area contributed by atoms with E-state index in [1.54, 1.807) is 0 Å². The molecule has 1 unspecified atom stereocenters. The van der Waals surface area contributed by atoms with Crippen molar-refractivity contribution in [2.45, 2.75) is 60.3 Å². The van der Waals surface area contributed by atoms with E-state index >= 15 is 0 Å². The van der Waals surface area contributed by atoms with Gasteiger partial charge in [0.1, 0.15) is 24.2 Å². The van der Waals surface area contributed by atoms with Crippen LogP contribution in [-0.2, 0) is 16.0 Å². The van der Waals surface area contributed by atoms with Gasteiger partial charge in [0.05, 0.1) is 0 Å². The van der Waals surface area contributed by atoms with Crippen LogP contribution in [0.15, 0.2) is 35.6 Å². The normalized spacial score (nSPS) is 16.4. The average molecular weight is 454 g/mol. The fourth-order valence-corrected chi connectivity index (χ4v) is 3.03. The molecule has 7 heteroatoms. The van der Waals surface area contributed by atoms with Crippen LogP contribution in [0.3, 0.4) is 0 Å². The summed E-state index contributed by atoms with van der Waals surface area (Å²) in [5.41, 5.74) is 1.31. The van der Waals surface area contributed by atoms with Gasteiger partial charge in [0.25, 0.3) is 0 Å². The van der Waals surface area contributed by atoms with Crippen LogP contribution in [0.5, 0.6) is 0 Å². The number of hydrogen-bond acceptors (Lipinski definition) is 5. The minimum atomic E-state index is -0.536. The molecule has 0 aromatic heterocycles. The van der Waals surface area contributed by atoms with E-state index in [-0.39, 0.29) is 17.8 Å². The summed E-state index contributed by atoms with van der Waals surface area (Å²) in [6, 6.07) is 3.09. The second-order valence-corrected chi connectivity index (χ2v) is 7.40. The van der Waals surface area contributed by atoms with E-state index in [0.717, 1.165) is 30.7 Å². The quantitative estimate of drug-likeness (QED) is 0.602. The molecule has 1 atom stereocenters. The smallest absolute Gasteiger partial charge is 0.134 e. The van der Waals surface area contributed by atoms with E-state index < -0.39 is 11.6 Å². The lowest BCUT2D eigenvalue weighted by atomic mass is 10.0. The number of likely N-dealkylation sites (tertiary alicyclic amines) is 1. The second kappa shape index (κ2) is 20.5. The number of carbonyl (C=O) groups is 2. The maximum absolute atomic E-state index is 12.8. The summed E-state index contributed by atoms with van der Waals surface area (Å²) >= 11 is 0. The van der Waals surface area contributed by atoms with Crippen molar-refractivity contribution in [2.24, 2.45) is 10.9 Å². The Bertz CT molecular complexity index is 694. The van der Waals surface area contributed by atoms with Crippen molar-refractivity contribution in [1.82, 2.24) is 10.2 Å². The number of ketones is 1. The maximum atomic E-state index is 12.8. The summed E-state index contributed by atoms with van der Waals surface area (Å²) in [6.45, 7) is 15.3. The third kappa shape index (κ3) is 16.3. The van der Waals surface area contributed by atoms with Crippen LogP contribution in [-0.4, -0.2) is 49.9 Å². The molecule has 2 rings (SSSR count). The second-order valence-electron chi connectivity index (χ2n) is 7.40. The number of nitrogens with zero attached hydrogens (tertiary/aromatic N) is 2. The number of benzene rings is 1. The molecular formula is C25H41F2N3O2. The number of halogens is 2. The zero-order valence-corrected chi connectivity index (χ0v) is 20.6. The summed E-state index contributed by atoms with van der Waals surface area (Å²) in [4.78, 5) is 25.5. The molecule has 1 aliphatic rings. The van der Waals surface area contributed by atoms with Gasteiger partial charge in [-0.15, -0.1) is 0 Å². The van der Waals surface area contributed by atoms with Gasteiger partial charge in [-0.3, -0.25) is 14.7 Å². The molecule has 1 aromatic carbocycles. The van der Waals surface area contributed by atoms with Crippen molar-refractivity contribution in [3.05, 3.63) is 47.8 Å². The minimum Gasteiger partial charge on any atom is -0.393 e. The molecular weight excluding hydrogens is 412 g/mol. The first kappa shape index (κ1) is 31.8. The molecule has 0 amide bonds. The Kier molecular flexibility index (Phi) is 20.3. The molecule has 0 aliphatic carbocycles. The highest BCUT2D eigenvalue weighted by molar-refractivity contribution is 5.84. The number of carbonyl (C=O) groups excluding carboxylic acids is 2. The summed E-state index contributed by atoms with van der Waals surface area (Å²) in [5.74, 6) is -0.342. The molecule has 1 saturated heterocycles. The first-order valence-corrected chi connectivity index (χ1v) is 11.1. The molecule has 1 aliphatic heterocycles. The molecule has 0 radical (unpaired) electrons. The van der Waals surface area contributed by atoms with E-state index in [2.05, 4.69) is 29.1 Å². The number of Topliss-reactive ketones (excluding diaryl/α,β-unsaturated/α-hetero) is 1. The Hall–Kier alpha value is -2.41. The molecule has 32 heavy (non-hydrogen) atoms. The van der Waals surface area contributed by atoms with Crippen molar-refractivity contribution in [2.75, 3.05) is 26.7 Å². The Labute approximate surface area is 193 Å². The van der Waals surface area contributed by atoms with E-state index in [1.807, 2.05) is 40.1 Å². The largest absolute Gasteiger partial charge is 0.393 e. The van der Waals surface area contributed by atoms with Crippen LogP contribution < -0.4 is 5.32 Å². The lowest BCUT2D eigenvalue weighted by Gasteiger charge is -2.19. The van der Waals surface area contributed by atoms with Crippen LogP contribution in [0.4, 0.5) is 8.78 Å². The molecule has 1 fully saturated rings. The maximum Gasteiger partial charge on any atom is 0.134 e. The van der Waals surface area contributed by atoms with Crippen molar-refractivity contribution in [1.29, 1.82) is 0 Å². The van der Waals surface area contributed by atoms with E-state index in [1.165, 1.54) is 45.0 Å². The van der Waals surface area contributed by atoms with Gasteiger partial charge < -0.3 is 10.1 Å². The van der Waals surface area contributed by atoms with Gasteiger partial charge >= 0.3 is 0 Å². The summed E-state index contributed by atoms with van der Waals surface area (Å²) in [6.07, 6.45) is 7.68. The predicted molar refractivity (Wildman–Crippen MR) is 130 cm³/mol. The highest BCUT2D eigenvalue weighted by Crippen LogP contribution is 2.16. The van der Waals surface area contributed by atoms with Gasteiger partial charge in [0.15, 0.2) is 0 Å². The molecule has 5 nitrogen and oxygen atoms in total. The highest BCUT2D eigenvalue weighted by Gasteiger charge is 2.13. The van der Waals surface area contributed by atoms with E-state index in [4.69, 9.17) is 4.79 Å². The standard InChI is InChI=1S/C13H25N3.C9H8F2O.C2H6.CH2O/c1-12-5-4-9-16(10-6-12)11-13(2)15-8-7-14-3;1-6(12)4-7-5-8(10)2-3-9(7)11;2*1-2/h7-8,12,14H,4-6,9-11H2,1-3H3;2-3,5H,4H2,1H3;1-2H3;1H2/b8-7-,15-13?;;;. The van der Waals surface area contributed by atoms with Crippen LogP contribution in [0.2, 0.25) is 0 Å². The van der Waals surface area contributed by atoms with E-state index in [0.29, 0.717) is 0 Å². The molecule has 182 valence electrons. The number of aliphatic imine (C=N–C) groups is 1. The Morgan fingerprint density at radius 1 is 1.22 bits per heavy atom. The van der Waals surface area contributed by atoms with E-state index in [9.17, 15) is 13.6 Å². The molecule has 0 spiro atoms. The van der Waals surface area contributed by atoms with Crippen LogP contribution >= 0.6 is 0 Å². The van der Waals surface area contributed by atoms with Crippen LogP contribution in [0.1, 0.15) is 59.4 Å². The van der Waals surface area contributed by atoms with Crippen LogP contribution in [0.25, 0.3) is 0 Å².